The first kappa shape index (κ1) is 14.1. The van der Waals surface area contributed by atoms with Crippen molar-refractivity contribution >= 4 is 5.82 Å². The van der Waals surface area contributed by atoms with Crippen molar-refractivity contribution in [2.75, 3.05) is 5.73 Å². The van der Waals surface area contributed by atoms with Crippen LogP contribution in [0.15, 0.2) is 0 Å². The molecule has 0 saturated carbocycles. The van der Waals surface area contributed by atoms with Crippen LogP contribution in [0.5, 0.6) is 0 Å². The maximum atomic E-state index is 6.27. The second-order valence-electron chi connectivity index (χ2n) is 4.71. The first-order valence-electron chi connectivity index (χ1n) is 7.04. The molecule has 0 amide bonds. The minimum Gasteiger partial charge on any atom is -0.384 e. The molecule has 1 heterocycles. The van der Waals surface area contributed by atoms with Crippen LogP contribution in [0.2, 0.25) is 0 Å². The molecular formula is C14H27N3. The second-order valence-corrected chi connectivity index (χ2v) is 4.71. The maximum absolute atomic E-state index is 6.27. The van der Waals surface area contributed by atoms with Gasteiger partial charge in [0.1, 0.15) is 11.6 Å². The Bertz CT molecular complexity index is 337. The minimum absolute atomic E-state index is 0.517. The van der Waals surface area contributed by atoms with E-state index in [0.717, 1.165) is 50.2 Å². The molecule has 3 heteroatoms. The van der Waals surface area contributed by atoms with Crippen LogP contribution in [0.1, 0.15) is 70.8 Å². The Morgan fingerprint density at radius 3 is 2.24 bits per heavy atom. The van der Waals surface area contributed by atoms with Crippen LogP contribution in [0.4, 0.5) is 5.82 Å². The molecule has 0 spiro atoms. The molecule has 0 atom stereocenters. The van der Waals surface area contributed by atoms with E-state index in [1.54, 1.807) is 0 Å². The van der Waals surface area contributed by atoms with Crippen molar-refractivity contribution in [3.63, 3.8) is 0 Å². The summed E-state index contributed by atoms with van der Waals surface area (Å²) < 4.78 is 2.22. The van der Waals surface area contributed by atoms with Crippen molar-refractivity contribution in [1.82, 2.24) is 9.55 Å². The highest BCUT2D eigenvalue weighted by Gasteiger charge is 2.19. The summed E-state index contributed by atoms with van der Waals surface area (Å²) >= 11 is 0. The van der Waals surface area contributed by atoms with Crippen molar-refractivity contribution in [2.45, 2.75) is 72.3 Å². The van der Waals surface area contributed by atoms with Gasteiger partial charge in [0, 0.05) is 18.9 Å². The number of nitrogens with two attached hydrogens (primary N) is 1. The van der Waals surface area contributed by atoms with Gasteiger partial charge in [-0.05, 0) is 25.7 Å². The van der Waals surface area contributed by atoms with Gasteiger partial charge in [-0.1, -0.05) is 27.7 Å². The molecule has 17 heavy (non-hydrogen) atoms. The largest absolute Gasteiger partial charge is 0.384 e. The van der Waals surface area contributed by atoms with Crippen LogP contribution in [-0.4, -0.2) is 9.55 Å². The van der Waals surface area contributed by atoms with E-state index in [4.69, 9.17) is 10.7 Å². The maximum Gasteiger partial charge on any atom is 0.127 e. The predicted molar refractivity (Wildman–Crippen MR) is 74.2 cm³/mol. The summed E-state index contributed by atoms with van der Waals surface area (Å²) in [6, 6.07) is 0. The quantitative estimate of drug-likeness (QED) is 0.785. The molecule has 0 aliphatic heterocycles. The van der Waals surface area contributed by atoms with Crippen LogP contribution >= 0.6 is 0 Å². The highest BCUT2D eigenvalue weighted by atomic mass is 15.1. The molecule has 0 aliphatic carbocycles. The monoisotopic (exact) mass is 237 g/mol. The molecule has 3 nitrogen and oxygen atoms in total. The lowest BCUT2D eigenvalue weighted by atomic mass is 9.99. The summed E-state index contributed by atoms with van der Waals surface area (Å²) in [5, 5.41) is 0. The molecule has 2 N–H and O–H groups in total. The molecule has 0 fully saturated rings. The van der Waals surface area contributed by atoms with Gasteiger partial charge in [-0.3, -0.25) is 0 Å². The van der Waals surface area contributed by atoms with Crippen LogP contribution in [0, 0.1) is 0 Å². The lowest BCUT2D eigenvalue weighted by Crippen LogP contribution is -2.07. The Balaban J connectivity index is 3.10. The van der Waals surface area contributed by atoms with E-state index in [0.29, 0.717) is 5.92 Å². The zero-order valence-electron chi connectivity index (χ0n) is 11.8. The average molecular weight is 237 g/mol. The van der Waals surface area contributed by atoms with Crippen LogP contribution < -0.4 is 5.73 Å². The van der Waals surface area contributed by atoms with Gasteiger partial charge < -0.3 is 10.3 Å². The molecule has 1 aromatic rings. The van der Waals surface area contributed by atoms with Crippen molar-refractivity contribution < 1.29 is 0 Å². The summed E-state index contributed by atoms with van der Waals surface area (Å²) in [7, 11) is 0. The number of aromatic nitrogens is 2. The Labute approximate surface area is 105 Å². The average Bonchev–Trinajstić information content (AvgIpc) is 2.61. The van der Waals surface area contributed by atoms with Crippen LogP contribution in [-0.2, 0) is 13.0 Å². The number of nitrogens with zero attached hydrogens (tertiary/aromatic N) is 2. The summed E-state index contributed by atoms with van der Waals surface area (Å²) in [6.07, 6.45) is 5.51. The van der Waals surface area contributed by atoms with Gasteiger partial charge in [-0.2, -0.15) is 0 Å². The normalized spacial score (nSPS) is 11.4. The summed E-state index contributed by atoms with van der Waals surface area (Å²) in [6.45, 7) is 9.80. The van der Waals surface area contributed by atoms with E-state index in [2.05, 4.69) is 32.3 Å². The number of hydrogen-bond acceptors (Lipinski definition) is 2. The summed E-state index contributed by atoms with van der Waals surface area (Å²) in [4.78, 5) is 4.80. The zero-order chi connectivity index (χ0) is 12.8. The van der Waals surface area contributed by atoms with E-state index in [1.807, 2.05) is 0 Å². The fraction of sp³-hybridized carbons (Fsp3) is 0.786. The highest BCUT2D eigenvalue weighted by Crippen LogP contribution is 2.28. The van der Waals surface area contributed by atoms with Gasteiger partial charge in [0.05, 0.1) is 5.69 Å². The van der Waals surface area contributed by atoms with Crippen molar-refractivity contribution in [1.29, 1.82) is 0 Å². The van der Waals surface area contributed by atoms with E-state index in [-0.39, 0.29) is 0 Å². The molecule has 0 aromatic carbocycles. The third-order valence-corrected chi connectivity index (χ3v) is 3.41. The summed E-state index contributed by atoms with van der Waals surface area (Å²) in [5.74, 6) is 2.60. The molecule has 0 saturated heterocycles. The van der Waals surface area contributed by atoms with E-state index < -0.39 is 0 Å². The molecule has 0 radical (unpaired) electrons. The van der Waals surface area contributed by atoms with Gasteiger partial charge in [-0.15, -0.1) is 0 Å². The van der Waals surface area contributed by atoms with E-state index >= 15 is 0 Å². The van der Waals surface area contributed by atoms with Crippen molar-refractivity contribution in [2.24, 2.45) is 0 Å². The molecular weight excluding hydrogens is 210 g/mol. The minimum atomic E-state index is 0.517. The van der Waals surface area contributed by atoms with E-state index in [1.165, 1.54) is 5.82 Å². The Morgan fingerprint density at radius 1 is 1.12 bits per heavy atom. The number of anilines is 1. The topological polar surface area (TPSA) is 43.8 Å². The van der Waals surface area contributed by atoms with Gasteiger partial charge in [0.15, 0.2) is 0 Å². The molecule has 1 rings (SSSR count). The molecule has 0 aliphatic rings. The molecule has 0 bridgehead atoms. The van der Waals surface area contributed by atoms with Gasteiger partial charge in [-0.25, -0.2) is 4.98 Å². The second kappa shape index (κ2) is 6.67. The van der Waals surface area contributed by atoms with E-state index in [9.17, 15) is 0 Å². The number of nitrogen functional groups attached to an aromatic ring is 1. The van der Waals surface area contributed by atoms with Crippen molar-refractivity contribution in [3.05, 3.63) is 11.5 Å². The van der Waals surface area contributed by atoms with Gasteiger partial charge in [0.2, 0.25) is 0 Å². The number of hydrogen-bond donors (Lipinski definition) is 1. The number of imidazole rings is 1. The fourth-order valence-electron chi connectivity index (χ4n) is 2.40. The van der Waals surface area contributed by atoms with Gasteiger partial charge >= 0.3 is 0 Å². The third kappa shape index (κ3) is 3.02. The van der Waals surface area contributed by atoms with Crippen molar-refractivity contribution in [3.8, 4) is 0 Å². The number of aryl methyl sites for hydroxylation is 1. The molecule has 98 valence electrons. The highest BCUT2D eigenvalue weighted by molar-refractivity contribution is 5.40. The molecule has 1 aromatic heterocycles. The Morgan fingerprint density at radius 2 is 1.76 bits per heavy atom. The van der Waals surface area contributed by atoms with Crippen LogP contribution in [0.3, 0.4) is 0 Å². The standard InChI is InChI=1S/C14H27N3/c1-5-9-12-16-13(11(7-3)8-4)14(15)17(12)10-6-2/h11H,5-10,15H2,1-4H3. The fourth-order valence-corrected chi connectivity index (χ4v) is 2.40. The lowest BCUT2D eigenvalue weighted by molar-refractivity contribution is 0.626. The summed E-state index contributed by atoms with van der Waals surface area (Å²) in [5.41, 5.74) is 7.40. The zero-order valence-corrected chi connectivity index (χ0v) is 11.8. The Kier molecular flexibility index (Phi) is 5.52. The third-order valence-electron chi connectivity index (χ3n) is 3.41. The van der Waals surface area contributed by atoms with Gasteiger partial charge in [0.25, 0.3) is 0 Å². The first-order chi connectivity index (χ1) is 8.19. The SMILES string of the molecule is CCCc1nc(C(CC)CC)c(N)n1CCC. The first-order valence-corrected chi connectivity index (χ1v) is 7.04. The van der Waals surface area contributed by atoms with Crippen LogP contribution in [0.25, 0.3) is 0 Å². The smallest absolute Gasteiger partial charge is 0.127 e. The predicted octanol–water partition coefficient (Wildman–Crippen LogP) is 3.73. The molecule has 0 unspecified atom stereocenters. The number of rotatable bonds is 7. The Hall–Kier alpha value is -0.990. The lowest BCUT2D eigenvalue weighted by Gasteiger charge is -2.11.